The van der Waals surface area contributed by atoms with Crippen LogP contribution in [0.25, 0.3) is 0 Å². The van der Waals surface area contributed by atoms with E-state index in [1.165, 1.54) is 0 Å². The highest BCUT2D eigenvalue weighted by Gasteiger charge is 2.24. The molecule has 0 aliphatic carbocycles. The minimum Gasteiger partial charge on any atom is -0.369 e. The molecule has 1 fully saturated rings. The molecule has 1 heterocycles. The molecule has 0 bridgehead atoms. The van der Waals surface area contributed by atoms with Gasteiger partial charge in [0.25, 0.3) is 5.69 Å². The SMILES string of the molecule is CCC1CN(c2ccc([N+](=O)[O-])c(I)c2)CCN1C. The molecule has 5 nitrogen and oxygen atoms in total. The maximum Gasteiger partial charge on any atom is 0.282 e. The van der Waals surface area contributed by atoms with Gasteiger partial charge in [0.05, 0.1) is 8.49 Å². The molecule has 0 saturated carbocycles. The largest absolute Gasteiger partial charge is 0.369 e. The lowest BCUT2D eigenvalue weighted by molar-refractivity contribution is -0.385. The molecule has 0 spiro atoms. The summed E-state index contributed by atoms with van der Waals surface area (Å²) in [4.78, 5) is 15.2. The number of piperazine rings is 1. The minimum atomic E-state index is -0.329. The summed E-state index contributed by atoms with van der Waals surface area (Å²) < 4.78 is 0.701. The van der Waals surface area contributed by atoms with Gasteiger partial charge in [-0.3, -0.25) is 15.0 Å². The van der Waals surface area contributed by atoms with E-state index in [1.54, 1.807) is 6.07 Å². The summed E-state index contributed by atoms with van der Waals surface area (Å²) in [7, 11) is 2.16. The minimum absolute atomic E-state index is 0.186. The van der Waals surface area contributed by atoms with Crippen LogP contribution in [-0.4, -0.2) is 42.5 Å². The molecule has 1 aromatic carbocycles. The zero-order chi connectivity index (χ0) is 14.0. The Morgan fingerprint density at radius 1 is 1.47 bits per heavy atom. The van der Waals surface area contributed by atoms with E-state index in [-0.39, 0.29) is 10.6 Å². The molecule has 2 rings (SSSR count). The molecule has 1 aromatic rings. The van der Waals surface area contributed by atoms with Crippen molar-refractivity contribution in [3.8, 4) is 0 Å². The van der Waals surface area contributed by atoms with Gasteiger partial charge in [0.1, 0.15) is 0 Å². The van der Waals surface area contributed by atoms with Gasteiger partial charge in [-0.05, 0) is 48.2 Å². The van der Waals surface area contributed by atoms with E-state index in [1.807, 2.05) is 34.7 Å². The fourth-order valence-corrected chi connectivity index (χ4v) is 3.16. The highest BCUT2D eigenvalue weighted by molar-refractivity contribution is 14.1. The maximum absolute atomic E-state index is 10.8. The van der Waals surface area contributed by atoms with Crippen LogP contribution in [-0.2, 0) is 0 Å². The Morgan fingerprint density at radius 2 is 2.21 bits per heavy atom. The molecule has 1 saturated heterocycles. The summed E-state index contributed by atoms with van der Waals surface area (Å²) in [5.41, 5.74) is 1.27. The Balaban J connectivity index is 2.18. The van der Waals surface area contributed by atoms with Gasteiger partial charge < -0.3 is 4.90 Å². The highest BCUT2D eigenvalue weighted by atomic mass is 127. The molecule has 0 amide bonds. The average Bonchev–Trinajstić information content (AvgIpc) is 2.38. The van der Waals surface area contributed by atoms with Crippen LogP contribution in [0.5, 0.6) is 0 Å². The third kappa shape index (κ3) is 3.17. The van der Waals surface area contributed by atoms with Crippen molar-refractivity contribution in [1.29, 1.82) is 0 Å². The van der Waals surface area contributed by atoms with Crippen molar-refractivity contribution in [2.45, 2.75) is 19.4 Å². The topological polar surface area (TPSA) is 49.6 Å². The molecular formula is C13H18IN3O2. The molecule has 104 valence electrons. The number of nitro benzene ring substituents is 1. The highest BCUT2D eigenvalue weighted by Crippen LogP contribution is 2.27. The quantitative estimate of drug-likeness (QED) is 0.463. The van der Waals surface area contributed by atoms with Gasteiger partial charge in [-0.25, -0.2) is 0 Å². The molecule has 0 N–H and O–H groups in total. The third-order valence-electron chi connectivity index (χ3n) is 3.74. The Morgan fingerprint density at radius 3 is 2.79 bits per heavy atom. The van der Waals surface area contributed by atoms with Gasteiger partial charge in [0, 0.05) is 37.4 Å². The normalized spacial score (nSPS) is 20.6. The molecule has 0 aromatic heterocycles. The van der Waals surface area contributed by atoms with Crippen molar-refractivity contribution in [2.75, 3.05) is 31.6 Å². The number of hydrogen-bond acceptors (Lipinski definition) is 4. The lowest BCUT2D eigenvalue weighted by atomic mass is 10.1. The maximum atomic E-state index is 10.8. The first-order valence-corrected chi connectivity index (χ1v) is 7.50. The number of likely N-dealkylation sites (N-methyl/N-ethyl adjacent to an activating group) is 1. The van der Waals surface area contributed by atoms with Gasteiger partial charge in [0.2, 0.25) is 0 Å². The van der Waals surface area contributed by atoms with Crippen molar-refractivity contribution in [3.63, 3.8) is 0 Å². The van der Waals surface area contributed by atoms with Crippen molar-refractivity contribution in [2.24, 2.45) is 0 Å². The van der Waals surface area contributed by atoms with Gasteiger partial charge in [-0.2, -0.15) is 0 Å². The number of nitro groups is 1. The van der Waals surface area contributed by atoms with Crippen LogP contribution in [0.1, 0.15) is 13.3 Å². The second-order valence-corrected chi connectivity index (χ2v) is 6.04. The third-order valence-corrected chi connectivity index (χ3v) is 4.61. The summed E-state index contributed by atoms with van der Waals surface area (Å²) in [6.45, 7) is 5.19. The summed E-state index contributed by atoms with van der Waals surface area (Å²) in [5, 5.41) is 10.8. The number of benzene rings is 1. The van der Waals surface area contributed by atoms with Crippen LogP contribution in [0.4, 0.5) is 11.4 Å². The van der Waals surface area contributed by atoms with Crippen LogP contribution in [0.3, 0.4) is 0 Å². The fourth-order valence-electron chi connectivity index (χ4n) is 2.46. The first-order valence-electron chi connectivity index (χ1n) is 6.42. The Hall–Kier alpha value is -0.890. The number of hydrogen-bond donors (Lipinski definition) is 0. The number of anilines is 1. The Kier molecular flexibility index (Phi) is 4.62. The van der Waals surface area contributed by atoms with Crippen LogP contribution in [0.2, 0.25) is 0 Å². The van der Waals surface area contributed by atoms with Crippen molar-refractivity contribution >= 4 is 34.0 Å². The van der Waals surface area contributed by atoms with Crippen molar-refractivity contribution in [3.05, 3.63) is 31.9 Å². The predicted molar refractivity (Wildman–Crippen MR) is 84.7 cm³/mol. The van der Waals surface area contributed by atoms with Crippen LogP contribution in [0, 0.1) is 13.7 Å². The van der Waals surface area contributed by atoms with E-state index in [9.17, 15) is 10.1 Å². The number of nitrogens with zero attached hydrogens (tertiary/aromatic N) is 3. The molecule has 6 heteroatoms. The van der Waals surface area contributed by atoms with Crippen molar-refractivity contribution in [1.82, 2.24) is 4.90 Å². The van der Waals surface area contributed by atoms with E-state index in [0.717, 1.165) is 31.7 Å². The van der Waals surface area contributed by atoms with Crippen LogP contribution in [0.15, 0.2) is 18.2 Å². The van der Waals surface area contributed by atoms with E-state index in [2.05, 4.69) is 23.8 Å². The zero-order valence-electron chi connectivity index (χ0n) is 11.2. The molecule has 19 heavy (non-hydrogen) atoms. The molecule has 1 unspecified atom stereocenters. The molecule has 1 aliphatic rings. The standard InChI is InChI=1S/C13H18IN3O2/c1-3-10-9-16(7-6-15(10)2)11-4-5-13(17(18)19)12(14)8-11/h4-5,8,10H,3,6-7,9H2,1-2H3. The van der Waals surface area contributed by atoms with E-state index in [4.69, 9.17) is 0 Å². The first kappa shape index (κ1) is 14.5. The van der Waals surface area contributed by atoms with Crippen LogP contribution < -0.4 is 4.90 Å². The van der Waals surface area contributed by atoms with E-state index >= 15 is 0 Å². The van der Waals surface area contributed by atoms with E-state index < -0.39 is 0 Å². The molecular weight excluding hydrogens is 357 g/mol. The Bertz CT molecular complexity index is 481. The lowest BCUT2D eigenvalue weighted by Crippen LogP contribution is -2.51. The molecule has 1 atom stereocenters. The summed E-state index contributed by atoms with van der Waals surface area (Å²) in [6.07, 6.45) is 1.12. The van der Waals surface area contributed by atoms with Crippen molar-refractivity contribution < 1.29 is 4.92 Å². The van der Waals surface area contributed by atoms with E-state index in [0.29, 0.717) is 9.61 Å². The van der Waals surface area contributed by atoms with Gasteiger partial charge in [0.15, 0.2) is 0 Å². The number of rotatable bonds is 3. The second kappa shape index (κ2) is 6.04. The molecule has 1 aliphatic heterocycles. The first-order chi connectivity index (χ1) is 9.02. The zero-order valence-corrected chi connectivity index (χ0v) is 13.3. The summed E-state index contributed by atoms with van der Waals surface area (Å²) in [6, 6.07) is 5.94. The van der Waals surface area contributed by atoms with Gasteiger partial charge in [-0.15, -0.1) is 0 Å². The smallest absolute Gasteiger partial charge is 0.282 e. The van der Waals surface area contributed by atoms with Gasteiger partial charge >= 0.3 is 0 Å². The predicted octanol–water partition coefficient (Wildman–Crippen LogP) is 2.73. The summed E-state index contributed by atoms with van der Waals surface area (Å²) >= 11 is 2.04. The van der Waals surface area contributed by atoms with Gasteiger partial charge in [-0.1, -0.05) is 6.92 Å². The molecule has 0 radical (unpaired) electrons. The average molecular weight is 375 g/mol. The monoisotopic (exact) mass is 375 g/mol. The van der Waals surface area contributed by atoms with Crippen LogP contribution >= 0.6 is 22.6 Å². The lowest BCUT2D eigenvalue weighted by Gasteiger charge is -2.40. The summed E-state index contributed by atoms with van der Waals surface area (Å²) in [5.74, 6) is 0. The second-order valence-electron chi connectivity index (χ2n) is 4.88. The number of halogens is 1. The fraction of sp³-hybridized carbons (Fsp3) is 0.538. The Labute approximate surface area is 126 Å².